The van der Waals surface area contributed by atoms with Crippen molar-refractivity contribution in [2.24, 2.45) is 0 Å². The number of rotatable bonds is 4. The second-order valence-electron chi connectivity index (χ2n) is 5.01. The average Bonchev–Trinajstić information content (AvgIpc) is 2.52. The van der Waals surface area contributed by atoms with E-state index in [1.807, 2.05) is 37.3 Å². The molecule has 3 aromatic rings. The summed E-state index contributed by atoms with van der Waals surface area (Å²) < 4.78 is 5.95. The summed E-state index contributed by atoms with van der Waals surface area (Å²) in [6.45, 7) is 2.57. The highest BCUT2D eigenvalue weighted by atomic mass is 79.9. The van der Waals surface area contributed by atoms with Crippen molar-refractivity contribution in [1.29, 1.82) is 0 Å². The molecule has 21 heavy (non-hydrogen) atoms. The van der Waals surface area contributed by atoms with Crippen LogP contribution in [-0.4, -0.2) is 4.98 Å². The van der Waals surface area contributed by atoms with Crippen molar-refractivity contribution < 1.29 is 4.74 Å². The van der Waals surface area contributed by atoms with Crippen molar-refractivity contribution in [2.45, 2.75) is 18.9 Å². The Morgan fingerprint density at radius 2 is 1.90 bits per heavy atom. The Hall–Kier alpha value is -1.87. The molecule has 0 aliphatic rings. The van der Waals surface area contributed by atoms with E-state index in [9.17, 15) is 0 Å². The van der Waals surface area contributed by atoms with Gasteiger partial charge >= 0.3 is 0 Å². The van der Waals surface area contributed by atoms with Gasteiger partial charge in [0.1, 0.15) is 12.4 Å². The van der Waals surface area contributed by atoms with E-state index >= 15 is 0 Å². The van der Waals surface area contributed by atoms with Gasteiger partial charge in [-0.25, -0.2) is 0 Å². The summed E-state index contributed by atoms with van der Waals surface area (Å²) in [5, 5.41) is 1.99. The van der Waals surface area contributed by atoms with Gasteiger partial charge in [0.05, 0.1) is 5.52 Å². The maximum atomic E-state index is 5.95. The van der Waals surface area contributed by atoms with Crippen molar-refractivity contribution in [3.8, 4) is 5.75 Å². The van der Waals surface area contributed by atoms with Crippen LogP contribution in [0, 0.1) is 6.92 Å². The van der Waals surface area contributed by atoms with E-state index in [-0.39, 0.29) is 0 Å². The fourth-order valence-corrected chi connectivity index (χ4v) is 2.74. The molecule has 1 aromatic heterocycles. The molecule has 0 spiro atoms. The van der Waals surface area contributed by atoms with Crippen LogP contribution in [0.15, 0.2) is 54.6 Å². The normalized spacial score (nSPS) is 10.8. The van der Waals surface area contributed by atoms with Crippen LogP contribution in [0.1, 0.15) is 16.8 Å². The smallest absolute Gasteiger partial charge is 0.120 e. The molecule has 0 fully saturated rings. The molecule has 3 rings (SSSR count). The molecule has 0 atom stereocenters. The summed E-state index contributed by atoms with van der Waals surface area (Å²) in [7, 11) is 0. The number of nitrogens with zero attached hydrogens (tertiary/aromatic N) is 1. The summed E-state index contributed by atoms with van der Waals surface area (Å²) in [5.41, 5.74) is 4.41. The Kier molecular flexibility index (Phi) is 4.20. The van der Waals surface area contributed by atoms with E-state index in [1.165, 1.54) is 11.1 Å². The number of aromatic nitrogens is 1. The Morgan fingerprint density at radius 3 is 2.76 bits per heavy atom. The minimum absolute atomic E-state index is 0.551. The zero-order valence-electron chi connectivity index (χ0n) is 11.8. The Morgan fingerprint density at radius 1 is 1.05 bits per heavy atom. The van der Waals surface area contributed by atoms with Gasteiger partial charge in [0, 0.05) is 22.0 Å². The van der Waals surface area contributed by atoms with E-state index in [2.05, 4.69) is 45.2 Å². The van der Waals surface area contributed by atoms with Crippen molar-refractivity contribution >= 4 is 26.8 Å². The van der Waals surface area contributed by atoms with Gasteiger partial charge in [-0.1, -0.05) is 46.3 Å². The summed E-state index contributed by atoms with van der Waals surface area (Å²) in [4.78, 5) is 4.56. The topological polar surface area (TPSA) is 22.1 Å². The van der Waals surface area contributed by atoms with Crippen molar-refractivity contribution in [2.75, 3.05) is 0 Å². The van der Waals surface area contributed by atoms with Crippen LogP contribution in [0.5, 0.6) is 5.75 Å². The third-order valence-electron chi connectivity index (χ3n) is 3.38. The first kappa shape index (κ1) is 14.1. The van der Waals surface area contributed by atoms with Crippen LogP contribution >= 0.6 is 15.9 Å². The maximum absolute atomic E-state index is 5.95. The van der Waals surface area contributed by atoms with Gasteiger partial charge in [-0.15, -0.1) is 0 Å². The largest absolute Gasteiger partial charge is 0.489 e. The van der Waals surface area contributed by atoms with Gasteiger partial charge < -0.3 is 4.74 Å². The minimum atomic E-state index is 0.551. The van der Waals surface area contributed by atoms with Gasteiger partial charge in [-0.2, -0.15) is 0 Å². The van der Waals surface area contributed by atoms with Gasteiger partial charge in [-0.05, 0) is 36.8 Å². The molecule has 2 aromatic carbocycles. The molecule has 0 aliphatic heterocycles. The van der Waals surface area contributed by atoms with Crippen LogP contribution in [0.4, 0.5) is 0 Å². The van der Waals surface area contributed by atoms with Crippen molar-refractivity contribution in [3.63, 3.8) is 0 Å². The van der Waals surface area contributed by atoms with Gasteiger partial charge in [0.2, 0.25) is 0 Å². The first-order valence-electron chi connectivity index (χ1n) is 6.89. The van der Waals surface area contributed by atoms with Crippen LogP contribution in [0.3, 0.4) is 0 Å². The SMILES string of the molecule is Cc1cc(COc2cccc(CBr)c2)c2ccccc2n1. The molecule has 0 N–H and O–H groups in total. The molecule has 0 amide bonds. The number of para-hydroxylation sites is 1. The molecule has 3 heteroatoms. The van der Waals surface area contributed by atoms with Crippen LogP contribution < -0.4 is 4.74 Å². The summed E-state index contributed by atoms with van der Waals surface area (Å²) in [6.07, 6.45) is 0. The molecule has 0 aliphatic carbocycles. The minimum Gasteiger partial charge on any atom is -0.489 e. The van der Waals surface area contributed by atoms with Gasteiger partial charge in [0.25, 0.3) is 0 Å². The lowest BCUT2D eigenvalue weighted by Crippen LogP contribution is -1.99. The molecular formula is C18H16BrNO. The molecule has 0 radical (unpaired) electrons. The summed E-state index contributed by atoms with van der Waals surface area (Å²) in [5.74, 6) is 0.894. The van der Waals surface area contributed by atoms with Crippen LogP contribution in [-0.2, 0) is 11.9 Å². The fraction of sp³-hybridized carbons (Fsp3) is 0.167. The Labute approximate surface area is 132 Å². The van der Waals surface area contributed by atoms with Crippen LogP contribution in [0.25, 0.3) is 10.9 Å². The molecule has 106 valence electrons. The van der Waals surface area contributed by atoms with E-state index < -0.39 is 0 Å². The number of benzene rings is 2. The lowest BCUT2D eigenvalue weighted by molar-refractivity contribution is 0.307. The average molecular weight is 342 g/mol. The van der Waals surface area contributed by atoms with Gasteiger partial charge in [0.15, 0.2) is 0 Å². The third kappa shape index (κ3) is 3.24. The summed E-state index contributed by atoms with van der Waals surface area (Å²) in [6, 6.07) is 18.4. The first-order chi connectivity index (χ1) is 10.3. The standard InChI is InChI=1S/C18H16BrNO/c1-13-9-15(17-7-2-3-8-18(17)20-13)12-21-16-6-4-5-14(10-16)11-19/h2-10H,11-12H2,1H3. The zero-order valence-corrected chi connectivity index (χ0v) is 13.4. The predicted molar refractivity (Wildman–Crippen MR) is 89.9 cm³/mol. The molecular weight excluding hydrogens is 326 g/mol. The maximum Gasteiger partial charge on any atom is 0.120 e. The number of hydrogen-bond acceptors (Lipinski definition) is 2. The summed E-state index contributed by atoms with van der Waals surface area (Å²) >= 11 is 3.47. The van der Waals surface area contributed by atoms with Crippen molar-refractivity contribution in [3.05, 3.63) is 71.4 Å². The van der Waals surface area contributed by atoms with Gasteiger partial charge in [-0.3, -0.25) is 4.98 Å². The second kappa shape index (κ2) is 6.27. The highest BCUT2D eigenvalue weighted by molar-refractivity contribution is 9.08. The fourth-order valence-electron chi connectivity index (χ4n) is 2.39. The van der Waals surface area contributed by atoms with E-state index in [4.69, 9.17) is 4.74 Å². The molecule has 1 heterocycles. The van der Waals surface area contributed by atoms with E-state index in [0.717, 1.165) is 27.7 Å². The van der Waals surface area contributed by atoms with Crippen molar-refractivity contribution in [1.82, 2.24) is 4.98 Å². The second-order valence-corrected chi connectivity index (χ2v) is 5.57. The third-order valence-corrected chi connectivity index (χ3v) is 4.02. The molecule has 2 nitrogen and oxygen atoms in total. The lowest BCUT2D eigenvalue weighted by Gasteiger charge is -2.10. The first-order valence-corrected chi connectivity index (χ1v) is 8.01. The zero-order chi connectivity index (χ0) is 14.7. The number of aryl methyl sites for hydroxylation is 1. The van der Waals surface area contributed by atoms with E-state index in [0.29, 0.717) is 6.61 Å². The quantitative estimate of drug-likeness (QED) is 0.621. The molecule has 0 bridgehead atoms. The lowest BCUT2D eigenvalue weighted by atomic mass is 10.1. The number of halogens is 1. The highest BCUT2D eigenvalue weighted by Gasteiger charge is 2.05. The molecule has 0 unspecified atom stereocenters. The van der Waals surface area contributed by atoms with Crippen LogP contribution in [0.2, 0.25) is 0 Å². The number of hydrogen-bond donors (Lipinski definition) is 0. The predicted octanol–water partition coefficient (Wildman–Crippen LogP) is 5.02. The molecule has 0 saturated heterocycles. The Bertz CT molecular complexity index is 770. The molecule has 0 saturated carbocycles. The number of ether oxygens (including phenoxy) is 1. The Balaban J connectivity index is 1.87. The van der Waals surface area contributed by atoms with E-state index in [1.54, 1.807) is 0 Å². The number of alkyl halides is 1. The number of pyridine rings is 1. The number of fused-ring (bicyclic) bond motifs is 1. The highest BCUT2D eigenvalue weighted by Crippen LogP contribution is 2.21. The monoisotopic (exact) mass is 341 g/mol.